The Labute approximate surface area is 100 Å². The molecule has 3 N–H and O–H groups in total. The number of hydrogen-bond acceptors (Lipinski definition) is 4. The summed E-state index contributed by atoms with van der Waals surface area (Å²) in [5.41, 5.74) is 0.988. The second-order valence-corrected chi connectivity index (χ2v) is 3.83. The van der Waals surface area contributed by atoms with Crippen LogP contribution in [-0.4, -0.2) is 29.3 Å². The molecular weight excluding hydrogens is 222 g/mol. The molecule has 0 spiro atoms. The van der Waals surface area contributed by atoms with Crippen LogP contribution in [0, 0.1) is 0 Å². The number of benzene rings is 1. The molecule has 1 amide bonds. The number of ether oxygens (including phenoxy) is 1. The quantitative estimate of drug-likeness (QED) is 0.734. The number of carbonyl (C=O) groups is 1. The summed E-state index contributed by atoms with van der Waals surface area (Å²) in [5.74, 6) is 0.272. The fourth-order valence-corrected chi connectivity index (χ4v) is 1.48. The first-order valence-electron chi connectivity index (χ1n) is 5.27. The summed E-state index contributed by atoms with van der Waals surface area (Å²) in [4.78, 5) is 11.0. The highest BCUT2D eigenvalue weighted by molar-refractivity contribution is 5.90. The number of anilines is 1. The lowest BCUT2D eigenvalue weighted by atomic mass is 10.0. The van der Waals surface area contributed by atoms with E-state index in [1.54, 1.807) is 18.2 Å². The van der Waals surface area contributed by atoms with Crippen LogP contribution in [0.25, 0.3) is 0 Å². The summed E-state index contributed by atoms with van der Waals surface area (Å²) in [5, 5.41) is 21.6. The highest BCUT2D eigenvalue weighted by Crippen LogP contribution is 2.29. The van der Waals surface area contributed by atoms with Gasteiger partial charge in [-0.1, -0.05) is 6.07 Å². The second-order valence-electron chi connectivity index (χ2n) is 3.83. The Morgan fingerprint density at radius 2 is 2.06 bits per heavy atom. The molecule has 0 fully saturated rings. The highest BCUT2D eigenvalue weighted by atomic mass is 16.5. The first kappa shape index (κ1) is 13.5. The lowest BCUT2D eigenvalue weighted by Crippen LogP contribution is -2.14. The largest absolute Gasteiger partial charge is 0.495 e. The fourth-order valence-electron chi connectivity index (χ4n) is 1.48. The van der Waals surface area contributed by atoms with Gasteiger partial charge in [-0.15, -0.1) is 0 Å². The van der Waals surface area contributed by atoms with E-state index >= 15 is 0 Å². The van der Waals surface area contributed by atoms with Gasteiger partial charge in [-0.05, 0) is 24.6 Å². The third-order valence-electron chi connectivity index (χ3n) is 2.33. The summed E-state index contributed by atoms with van der Waals surface area (Å²) in [6, 6.07) is 4.85. The Hall–Kier alpha value is -1.59. The van der Waals surface area contributed by atoms with Gasteiger partial charge in [0.15, 0.2) is 0 Å². The third-order valence-corrected chi connectivity index (χ3v) is 2.33. The first-order chi connectivity index (χ1) is 7.95. The van der Waals surface area contributed by atoms with E-state index in [9.17, 15) is 15.0 Å². The van der Waals surface area contributed by atoms with Gasteiger partial charge in [0, 0.05) is 6.92 Å². The second kappa shape index (κ2) is 5.65. The van der Waals surface area contributed by atoms with E-state index in [-0.39, 0.29) is 5.91 Å². The van der Waals surface area contributed by atoms with Crippen LogP contribution in [0.3, 0.4) is 0 Å². The van der Waals surface area contributed by atoms with Gasteiger partial charge in [0.1, 0.15) is 11.9 Å². The van der Waals surface area contributed by atoms with Crippen LogP contribution in [0.15, 0.2) is 18.2 Å². The number of aliphatic hydroxyl groups excluding tert-OH is 2. The van der Waals surface area contributed by atoms with Gasteiger partial charge in [-0.3, -0.25) is 4.79 Å². The maximum absolute atomic E-state index is 11.0. The molecule has 0 aliphatic heterocycles. The molecule has 17 heavy (non-hydrogen) atoms. The summed E-state index contributed by atoms with van der Waals surface area (Å²) >= 11 is 0. The molecule has 1 aromatic carbocycles. The van der Waals surface area contributed by atoms with Crippen LogP contribution in [0.1, 0.15) is 25.5 Å². The van der Waals surface area contributed by atoms with E-state index in [1.165, 1.54) is 21.0 Å². The monoisotopic (exact) mass is 239 g/mol. The Kier molecular flexibility index (Phi) is 4.48. The van der Waals surface area contributed by atoms with Crippen molar-refractivity contribution in [3.8, 4) is 5.75 Å². The van der Waals surface area contributed by atoms with Gasteiger partial charge >= 0.3 is 0 Å². The van der Waals surface area contributed by atoms with Crippen molar-refractivity contribution in [3.63, 3.8) is 0 Å². The Bertz CT molecular complexity index is 403. The maximum atomic E-state index is 11.0. The molecule has 0 bridgehead atoms. The first-order valence-corrected chi connectivity index (χ1v) is 5.27. The van der Waals surface area contributed by atoms with Crippen LogP contribution in [0.2, 0.25) is 0 Å². The molecule has 0 radical (unpaired) electrons. The lowest BCUT2D eigenvalue weighted by Gasteiger charge is -2.16. The van der Waals surface area contributed by atoms with Crippen molar-refractivity contribution in [2.45, 2.75) is 26.1 Å². The van der Waals surface area contributed by atoms with Gasteiger partial charge in [-0.2, -0.15) is 0 Å². The molecule has 0 aromatic heterocycles. The van der Waals surface area contributed by atoms with E-state index in [4.69, 9.17) is 4.74 Å². The van der Waals surface area contributed by atoms with E-state index in [2.05, 4.69) is 5.32 Å². The van der Waals surface area contributed by atoms with E-state index in [1.807, 2.05) is 0 Å². The minimum absolute atomic E-state index is 0.230. The predicted octanol–water partition coefficient (Wildman–Crippen LogP) is 1.07. The normalized spacial score (nSPS) is 13.9. The molecule has 0 aliphatic carbocycles. The fraction of sp³-hybridized carbons (Fsp3) is 0.417. The van der Waals surface area contributed by atoms with Crippen molar-refractivity contribution in [1.82, 2.24) is 0 Å². The molecule has 1 aromatic rings. The zero-order valence-corrected chi connectivity index (χ0v) is 10.1. The van der Waals surface area contributed by atoms with Crippen molar-refractivity contribution in [1.29, 1.82) is 0 Å². The molecule has 0 saturated carbocycles. The molecular formula is C12H17NO4. The summed E-state index contributed by atoms with van der Waals surface area (Å²) < 4.78 is 5.08. The molecule has 5 nitrogen and oxygen atoms in total. The average Bonchev–Trinajstić information content (AvgIpc) is 2.27. The molecule has 0 aliphatic rings. The van der Waals surface area contributed by atoms with Crippen LogP contribution in [-0.2, 0) is 4.79 Å². The third kappa shape index (κ3) is 3.44. The summed E-state index contributed by atoms with van der Waals surface area (Å²) in [6.45, 7) is 2.88. The molecule has 0 unspecified atom stereocenters. The smallest absolute Gasteiger partial charge is 0.221 e. The van der Waals surface area contributed by atoms with Crippen LogP contribution in [0.4, 0.5) is 5.69 Å². The number of nitrogens with one attached hydrogen (secondary N) is 1. The number of hydrogen-bond donors (Lipinski definition) is 3. The zero-order chi connectivity index (χ0) is 13.0. The van der Waals surface area contributed by atoms with Gasteiger partial charge in [0.2, 0.25) is 5.91 Å². The van der Waals surface area contributed by atoms with Gasteiger partial charge in [-0.25, -0.2) is 0 Å². The molecule has 0 heterocycles. The molecule has 5 heteroatoms. The van der Waals surface area contributed by atoms with Gasteiger partial charge in [0.25, 0.3) is 0 Å². The average molecular weight is 239 g/mol. The summed E-state index contributed by atoms with van der Waals surface area (Å²) in [7, 11) is 1.49. The number of aliphatic hydroxyl groups is 2. The predicted molar refractivity (Wildman–Crippen MR) is 63.9 cm³/mol. The van der Waals surface area contributed by atoms with Crippen LogP contribution >= 0.6 is 0 Å². The van der Waals surface area contributed by atoms with E-state index in [0.717, 1.165) is 0 Å². The van der Waals surface area contributed by atoms with Gasteiger partial charge in [0.05, 0.1) is 18.9 Å². The number of amides is 1. The zero-order valence-electron chi connectivity index (χ0n) is 10.1. The number of carbonyl (C=O) groups excluding carboxylic acids is 1. The highest BCUT2D eigenvalue weighted by Gasteiger charge is 2.16. The van der Waals surface area contributed by atoms with Crippen LogP contribution < -0.4 is 10.1 Å². The Morgan fingerprint density at radius 1 is 1.41 bits per heavy atom. The van der Waals surface area contributed by atoms with E-state index < -0.39 is 12.2 Å². The molecule has 0 saturated heterocycles. The van der Waals surface area contributed by atoms with Crippen molar-refractivity contribution < 1.29 is 19.7 Å². The molecule has 1 rings (SSSR count). The number of rotatable bonds is 4. The lowest BCUT2D eigenvalue weighted by molar-refractivity contribution is -0.114. The SMILES string of the molecule is COc1ccc([C@@H](O)[C@@H](C)O)cc1NC(C)=O. The summed E-state index contributed by atoms with van der Waals surface area (Å²) in [6.07, 6.45) is -1.87. The maximum Gasteiger partial charge on any atom is 0.221 e. The van der Waals surface area contributed by atoms with Crippen molar-refractivity contribution in [3.05, 3.63) is 23.8 Å². The molecule has 94 valence electrons. The Balaban J connectivity index is 3.08. The van der Waals surface area contributed by atoms with Crippen molar-refractivity contribution >= 4 is 11.6 Å². The molecule has 2 atom stereocenters. The van der Waals surface area contributed by atoms with Crippen molar-refractivity contribution in [2.24, 2.45) is 0 Å². The van der Waals surface area contributed by atoms with Gasteiger partial charge < -0.3 is 20.3 Å². The minimum atomic E-state index is -0.992. The number of methoxy groups -OCH3 is 1. The minimum Gasteiger partial charge on any atom is -0.495 e. The standard InChI is InChI=1S/C12H17NO4/c1-7(14)12(16)9-4-5-11(17-3)10(6-9)13-8(2)15/h4-7,12,14,16H,1-3H3,(H,13,15)/t7-,12+/m1/s1. The topological polar surface area (TPSA) is 78.8 Å². The van der Waals surface area contributed by atoms with E-state index in [0.29, 0.717) is 17.0 Å². The van der Waals surface area contributed by atoms with Crippen LogP contribution in [0.5, 0.6) is 5.75 Å². The van der Waals surface area contributed by atoms with Crippen molar-refractivity contribution in [2.75, 3.05) is 12.4 Å². The Morgan fingerprint density at radius 3 is 2.53 bits per heavy atom.